The maximum absolute atomic E-state index is 10.8. The number of ether oxygens (including phenoxy) is 1. The predicted molar refractivity (Wildman–Crippen MR) is 98.4 cm³/mol. The van der Waals surface area contributed by atoms with Crippen molar-refractivity contribution in [3.63, 3.8) is 0 Å². The van der Waals surface area contributed by atoms with Gasteiger partial charge in [-0.05, 0) is 61.2 Å². The van der Waals surface area contributed by atoms with E-state index in [9.17, 15) is 9.90 Å². The van der Waals surface area contributed by atoms with Crippen LogP contribution in [0.5, 0.6) is 5.75 Å². The molecule has 0 aliphatic heterocycles. The van der Waals surface area contributed by atoms with E-state index in [4.69, 9.17) is 17.0 Å². The van der Waals surface area contributed by atoms with E-state index in [0.29, 0.717) is 42.3 Å². The lowest BCUT2D eigenvalue weighted by Crippen LogP contribution is -2.13. The number of aldehydes is 1. The number of thiocarbonyl (C=S) groups is 1. The predicted octanol–water partition coefficient (Wildman–Crippen LogP) is 5.01. The molecule has 0 heterocycles. The quantitative estimate of drug-likeness (QED) is 0.482. The maximum Gasteiger partial charge on any atom is 0.160 e. The lowest BCUT2D eigenvalue weighted by atomic mass is 10.00. The SMILES string of the molecule is CCCCC(CC)COC(=S)CCc1cc(O)c(C=O)cc1C. The molecule has 1 aromatic carbocycles. The van der Waals surface area contributed by atoms with Crippen LogP contribution in [-0.2, 0) is 11.2 Å². The monoisotopic (exact) mass is 336 g/mol. The van der Waals surface area contributed by atoms with Crippen molar-refractivity contribution in [2.24, 2.45) is 5.92 Å². The van der Waals surface area contributed by atoms with Gasteiger partial charge in [-0.15, -0.1) is 0 Å². The molecule has 23 heavy (non-hydrogen) atoms. The van der Waals surface area contributed by atoms with E-state index in [0.717, 1.165) is 17.5 Å². The summed E-state index contributed by atoms with van der Waals surface area (Å²) in [6, 6.07) is 3.36. The normalized spacial score (nSPS) is 12.0. The first-order valence-corrected chi connectivity index (χ1v) is 8.85. The van der Waals surface area contributed by atoms with Crippen LogP contribution >= 0.6 is 12.2 Å². The van der Waals surface area contributed by atoms with Crippen LogP contribution in [0.15, 0.2) is 12.1 Å². The molecular formula is C19H28O3S. The molecule has 128 valence electrons. The molecule has 0 fully saturated rings. The number of phenolic OH excluding ortho intramolecular Hbond substituents is 1. The molecule has 1 atom stereocenters. The van der Waals surface area contributed by atoms with Gasteiger partial charge in [-0.1, -0.05) is 33.1 Å². The Bertz CT molecular complexity index is 526. The van der Waals surface area contributed by atoms with Crippen LogP contribution in [0.4, 0.5) is 0 Å². The van der Waals surface area contributed by atoms with Crippen molar-refractivity contribution >= 4 is 23.6 Å². The second kappa shape index (κ2) is 10.4. The Morgan fingerprint density at radius 1 is 1.39 bits per heavy atom. The summed E-state index contributed by atoms with van der Waals surface area (Å²) >= 11 is 5.32. The molecule has 0 aromatic heterocycles. The molecule has 0 saturated heterocycles. The highest BCUT2D eigenvalue weighted by molar-refractivity contribution is 7.80. The van der Waals surface area contributed by atoms with Crippen LogP contribution in [0, 0.1) is 12.8 Å². The zero-order valence-electron chi connectivity index (χ0n) is 14.4. The standard InChI is InChI=1S/C19H28O3S/c1-4-6-7-15(5-2)13-22-19(23)9-8-16-11-18(21)17(12-20)10-14(16)3/h10-12,15,21H,4-9,13H2,1-3H3. The topological polar surface area (TPSA) is 46.5 Å². The number of rotatable bonds is 10. The summed E-state index contributed by atoms with van der Waals surface area (Å²) in [5.41, 5.74) is 2.31. The first kappa shape index (κ1) is 19.6. The Labute approximate surface area is 145 Å². The molecule has 0 aliphatic carbocycles. The van der Waals surface area contributed by atoms with Gasteiger partial charge in [-0.25, -0.2) is 0 Å². The molecule has 4 heteroatoms. The number of benzene rings is 1. The lowest BCUT2D eigenvalue weighted by molar-refractivity contribution is 0.112. The Morgan fingerprint density at radius 3 is 2.74 bits per heavy atom. The molecule has 0 amide bonds. The Balaban J connectivity index is 2.47. The van der Waals surface area contributed by atoms with Crippen LogP contribution in [0.1, 0.15) is 67.4 Å². The minimum Gasteiger partial charge on any atom is -0.507 e. The first-order chi connectivity index (χ1) is 11.0. The highest BCUT2D eigenvalue weighted by Gasteiger charge is 2.10. The number of unbranched alkanes of at least 4 members (excludes halogenated alkanes) is 1. The van der Waals surface area contributed by atoms with Gasteiger partial charge >= 0.3 is 0 Å². The molecule has 1 N–H and O–H groups in total. The summed E-state index contributed by atoms with van der Waals surface area (Å²) in [6.45, 7) is 7.02. The number of hydrogen-bond donors (Lipinski definition) is 1. The van der Waals surface area contributed by atoms with Crippen molar-refractivity contribution < 1.29 is 14.6 Å². The van der Waals surface area contributed by atoms with Crippen molar-refractivity contribution in [2.45, 2.75) is 59.3 Å². The fraction of sp³-hybridized carbons (Fsp3) is 0.579. The van der Waals surface area contributed by atoms with Crippen LogP contribution in [-0.4, -0.2) is 23.1 Å². The van der Waals surface area contributed by atoms with Gasteiger partial charge in [-0.2, -0.15) is 0 Å². The summed E-state index contributed by atoms with van der Waals surface area (Å²) in [5.74, 6) is 0.601. The molecule has 1 rings (SSSR count). The minimum atomic E-state index is 0.0260. The smallest absolute Gasteiger partial charge is 0.160 e. The van der Waals surface area contributed by atoms with Gasteiger partial charge in [-0.3, -0.25) is 4.79 Å². The molecule has 3 nitrogen and oxygen atoms in total. The molecule has 0 spiro atoms. The first-order valence-electron chi connectivity index (χ1n) is 8.45. The molecule has 1 aromatic rings. The number of aryl methyl sites for hydroxylation is 2. The van der Waals surface area contributed by atoms with Gasteiger partial charge in [0, 0.05) is 6.42 Å². The Kier molecular flexibility index (Phi) is 8.85. The fourth-order valence-corrected chi connectivity index (χ4v) is 2.71. The van der Waals surface area contributed by atoms with Gasteiger partial charge in [0.05, 0.1) is 12.2 Å². The van der Waals surface area contributed by atoms with E-state index < -0.39 is 0 Å². The highest BCUT2D eigenvalue weighted by Crippen LogP contribution is 2.22. The van der Waals surface area contributed by atoms with Crippen molar-refractivity contribution in [1.29, 1.82) is 0 Å². The van der Waals surface area contributed by atoms with E-state index in [-0.39, 0.29) is 5.75 Å². The molecule has 1 unspecified atom stereocenters. The van der Waals surface area contributed by atoms with E-state index in [1.54, 1.807) is 12.1 Å². The van der Waals surface area contributed by atoms with Gasteiger partial charge in [0.25, 0.3) is 0 Å². The van der Waals surface area contributed by atoms with Gasteiger partial charge in [0.1, 0.15) is 5.75 Å². The van der Waals surface area contributed by atoms with Crippen molar-refractivity contribution in [3.05, 3.63) is 28.8 Å². The largest absolute Gasteiger partial charge is 0.507 e. The number of carbonyl (C=O) groups excluding carboxylic acids is 1. The molecule has 0 saturated carbocycles. The number of phenols is 1. The maximum atomic E-state index is 10.8. The second-order valence-corrected chi connectivity index (χ2v) is 6.51. The molecule has 0 radical (unpaired) electrons. The zero-order valence-corrected chi connectivity index (χ0v) is 15.2. The second-order valence-electron chi connectivity index (χ2n) is 6.05. The van der Waals surface area contributed by atoms with Crippen LogP contribution in [0.3, 0.4) is 0 Å². The zero-order chi connectivity index (χ0) is 17.2. The summed E-state index contributed by atoms with van der Waals surface area (Å²) < 4.78 is 5.74. The highest BCUT2D eigenvalue weighted by atomic mass is 32.1. The van der Waals surface area contributed by atoms with Crippen LogP contribution in [0.25, 0.3) is 0 Å². The third kappa shape index (κ3) is 6.69. The van der Waals surface area contributed by atoms with Gasteiger partial charge in [0.2, 0.25) is 0 Å². The summed E-state index contributed by atoms with van der Waals surface area (Å²) in [7, 11) is 0. The molecule has 0 aliphatic rings. The van der Waals surface area contributed by atoms with E-state index in [2.05, 4.69) is 13.8 Å². The van der Waals surface area contributed by atoms with E-state index in [1.807, 2.05) is 6.92 Å². The van der Waals surface area contributed by atoms with Gasteiger partial charge in [0.15, 0.2) is 11.3 Å². The third-order valence-electron chi connectivity index (χ3n) is 4.23. The summed E-state index contributed by atoms with van der Waals surface area (Å²) in [4.78, 5) is 10.8. The van der Waals surface area contributed by atoms with E-state index >= 15 is 0 Å². The van der Waals surface area contributed by atoms with Crippen LogP contribution in [0.2, 0.25) is 0 Å². The van der Waals surface area contributed by atoms with Crippen molar-refractivity contribution in [1.82, 2.24) is 0 Å². The van der Waals surface area contributed by atoms with E-state index in [1.165, 1.54) is 19.3 Å². The lowest BCUT2D eigenvalue weighted by Gasteiger charge is -2.16. The van der Waals surface area contributed by atoms with Crippen molar-refractivity contribution in [2.75, 3.05) is 6.61 Å². The summed E-state index contributed by atoms with van der Waals surface area (Å²) in [6.07, 6.45) is 6.78. The Hall–Kier alpha value is -1.42. The molecule has 0 bridgehead atoms. The van der Waals surface area contributed by atoms with Crippen LogP contribution < -0.4 is 0 Å². The molecular weight excluding hydrogens is 308 g/mol. The van der Waals surface area contributed by atoms with Crippen molar-refractivity contribution in [3.8, 4) is 5.75 Å². The fourth-order valence-electron chi connectivity index (χ4n) is 2.54. The number of carbonyl (C=O) groups is 1. The number of hydrogen-bond acceptors (Lipinski definition) is 4. The summed E-state index contributed by atoms with van der Waals surface area (Å²) in [5, 5.41) is 10.4. The third-order valence-corrected chi connectivity index (χ3v) is 4.56. The average Bonchev–Trinajstić information content (AvgIpc) is 2.55. The average molecular weight is 336 g/mol. The number of aromatic hydroxyl groups is 1. The van der Waals surface area contributed by atoms with Gasteiger partial charge < -0.3 is 9.84 Å². The Morgan fingerprint density at radius 2 is 2.13 bits per heavy atom. The minimum absolute atomic E-state index is 0.0260.